The summed E-state index contributed by atoms with van der Waals surface area (Å²) in [6, 6.07) is 11.4. The van der Waals surface area contributed by atoms with Gasteiger partial charge in [0.1, 0.15) is 5.82 Å². The summed E-state index contributed by atoms with van der Waals surface area (Å²) < 4.78 is 13.7. The quantitative estimate of drug-likeness (QED) is 0.615. The number of benzene rings is 2. The highest BCUT2D eigenvalue weighted by Crippen LogP contribution is 2.23. The standard InChI is InChI=1S/C24H27ClFN5O3/c25-16-4-2-6-20(14-16)29-24(34)31-12-11-30(23(33)15-3-1-5-17(26)13-15)22(31)21(32)28-19-9-7-18(27)8-10-19/h1-6,13-14,18-19,22H,7-12,27H2,(H,28,32)(H,29,34). The first kappa shape index (κ1) is 24.0. The van der Waals surface area contributed by atoms with Crippen LogP contribution in [-0.4, -0.2) is 59.0 Å². The lowest BCUT2D eigenvalue weighted by atomic mass is 9.92. The van der Waals surface area contributed by atoms with Crippen LogP contribution < -0.4 is 16.4 Å². The van der Waals surface area contributed by atoms with Gasteiger partial charge in [-0.05, 0) is 62.1 Å². The van der Waals surface area contributed by atoms with Crippen molar-refractivity contribution in [1.29, 1.82) is 0 Å². The van der Waals surface area contributed by atoms with Crippen molar-refractivity contribution in [2.45, 2.75) is 43.9 Å². The van der Waals surface area contributed by atoms with E-state index < -0.39 is 29.8 Å². The summed E-state index contributed by atoms with van der Waals surface area (Å²) in [5, 5.41) is 6.17. The molecule has 1 saturated carbocycles. The Balaban J connectivity index is 1.56. The van der Waals surface area contributed by atoms with Gasteiger partial charge < -0.3 is 21.3 Å². The lowest BCUT2D eigenvalue weighted by molar-refractivity contribution is -0.128. The number of hydrogen-bond acceptors (Lipinski definition) is 4. The van der Waals surface area contributed by atoms with E-state index >= 15 is 0 Å². The van der Waals surface area contributed by atoms with Gasteiger partial charge in [0.15, 0.2) is 6.17 Å². The molecule has 0 bridgehead atoms. The molecule has 2 aliphatic rings. The number of nitrogens with zero attached hydrogens (tertiary/aromatic N) is 2. The van der Waals surface area contributed by atoms with E-state index in [0.29, 0.717) is 10.7 Å². The Morgan fingerprint density at radius 2 is 1.68 bits per heavy atom. The van der Waals surface area contributed by atoms with Crippen molar-refractivity contribution in [3.8, 4) is 0 Å². The first-order valence-corrected chi connectivity index (χ1v) is 11.7. The first-order valence-electron chi connectivity index (χ1n) is 11.3. The van der Waals surface area contributed by atoms with Crippen LogP contribution >= 0.6 is 11.6 Å². The van der Waals surface area contributed by atoms with Crippen LogP contribution in [-0.2, 0) is 4.79 Å². The third-order valence-corrected chi connectivity index (χ3v) is 6.43. The minimum Gasteiger partial charge on any atom is -0.350 e. The average molecular weight is 488 g/mol. The van der Waals surface area contributed by atoms with Crippen LogP contribution in [0.2, 0.25) is 5.02 Å². The number of urea groups is 1. The van der Waals surface area contributed by atoms with Gasteiger partial charge in [-0.1, -0.05) is 23.7 Å². The molecule has 1 atom stereocenters. The molecule has 1 heterocycles. The van der Waals surface area contributed by atoms with E-state index in [9.17, 15) is 18.8 Å². The molecular weight excluding hydrogens is 461 g/mol. The third kappa shape index (κ3) is 5.48. The molecule has 1 aliphatic heterocycles. The fraction of sp³-hybridized carbons (Fsp3) is 0.375. The summed E-state index contributed by atoms with van der Waals surface area (Å²) in [4.78, 5) is 42.3. The topological polar surface area (TPSA) is 108 Å². The number of nitrogens with two attached hydrogens (primary N) is 1. The van der Waals surface area contributed by atoms with E-state index in [1.165, 1.54) is 28.0 Å². The minimum atomic E-state index is -1.18. The van der Waals surface area contributed by atoms with Gasteiger partial charge in [-0.3, -0.25) is 14.5 Å². The number of anilines is 1. The number of amides is 4. The normalized spacial score (nSPS) is 22.4. The zero-order valence-corrected chi connectivity index (χ0v) is 19.3. The van der Waals surface area contributed by atoms with Crippen molar-refractivity contribution in [1.82, 2.24) is 15.1 Å². The molecule has 2 aromatic rings. The van der Waals surface area contributed by atoms with Gasteiger partial charge in [-0.15, -0.1) is 0 Å². The Labute approximate surface area is 202 Å². The molecule has 2 fully saturated rings. The van der Waals surface area contributed by atoms with Crippen molar-refractivity contribution >= 4 is 35.1 Å². The van der Waals surface area contributed by atoms with Crippen LogP contribution in [0.4, 0.5) is 14.9 Å². The lowest BCUT2D eigenvalue weighted by Gasteiger charge is -2.32. The monoisotopic (exact) mass is 487 g/mol. The molecule has 0 spiro atoms. The molecule has 4 N–H and O–H groups in total. The zero-order chi connectivity index (χ0) is 24.2. The molecule has 180 valence electrons. The van der Waals surface area contributed by atoms with Gasteiger partial charge in [0.2, 0.25) is 0 Å². The Morgan fingerprint density at radius 1 is 0.971 bits per heavy atom. The van der Waals surface area contributed by atoms with E-state index in [-0.39, 0.29) is 30.7 Å². The molecule has 8 nitrogen and oxygen atoms in total. The average Bonchev–Trinajstić information content (AvgIpc) is 3.26. The number of nitrogens with one attached hydrogen (secondary N) is 2. The Bertz CT molecular complexity index is 1080. The third-order valence-electron chi connectivity index (χ3n) is 6.19. The van der Waals surface area contributed by atoms with Crippen LogP contribution in [0.15, 0.2) is 48.5 Å². The molecule has 0 aromatic heterocycles. The van der Waals surface area contributed by atoms with Gasteiger partial charge >= 0.3 is 6.03 Å². The summed E-state index contributed by atoms with van der Waals surface area (Å²) in [5.74, 6) is -1.53. The van der Waals surface area contributed by atoms with E-state index in [1.54, 1.807) is 24.3 Å². The molecular formula is C24H27ClFN5O3. The maximum Gasteiger partial charge on any atom is 0.323 e. The van der Waals surface area contributed by atoms with Gasteiger partial charge in [0.25, 0.3) is 11.8 Å². The van der Waals surface area contributed by atoms with Crippen molar-refractivity contribution in [3.05, 3.63) is 64.9 Å². The summed E-state index contributed by atoms with van der Waals surface area (Å²) >= 11 is 6.01. The van der Waals surface area contributed by atoms with E-state index in [4.69, 9.17) is 17.3 Å². The number of rotatable bonds is 4. The first-order chi connectivity index (χ1) is 16.3. The van der Waals surface area contributed by atoms with Gasteiger partial charge in [-0.2, -0.15) is 0 Å². The largest absolute Gasteiger partial charge is 0.350 e. The van der Waals surface area contributed by atoms with Gasteiger partial charge in [0, 0.05) is 41.4 Å². The second-order valence-corrected chi connectivity index (χ2v) is 9.07. The van der Waals surface area contributed by atoms with Crippen molar-refractivity contribution in [2.75, 3.05) is 18.4 Å². The van der Waals surface area contributed by atoms with Crippen LogP contribution in [0.1, 0.15) is 36.0 Å². The van der Waals surface area contributed by atoms with Crippen molar-refractivity contribution < 1.29 is 18.8 Å². The van der Waals surface area contributed by atoms with E-state index in [0.717, 1.165) is 31.7 Å². The predicted octanol–water partition coefficient (Wildman–Crippen LogP) is 3.18. The summed E-state index contributed by atoms with van der Waals surface area (Å²) in [6.45, 7) is 0.271. The SMILES string of the molecule is NC1CCC(NC(=O)C2N(C(=O)Nc3cccc(Cl)c3)CCN2C(=O)c2cccc(F)c2)CC1. The zero-order valence-electron chi connectivity index (χ0n) is 18.5. The van der Waals surface area contributed by atoms with Gasteiger partial charge in [0.05, 0.1) is 0 Å². The van der Waals surface area contributed by atoms with Crippen LogP contribution in [0.25, 0.3) is 0 Å². The van der Waals surface area contributed by atoms with E-state index in [2.05, 4.69) is 10.6 Å². The Morgan fingerprint density at radius 3 is 2.38 bits per heavy atom. The maximum atomic E-state index is 13.7. The highest BCUT2D eigenvalue weighted by Gasteiger charge is 2.43. The molecule has 0 radical (unpaired) electrons. The minimum absolute atomic E-state index is 0.0862. The molecule has 10 heteroatoms. The molecule has 1 unspecified atom stereocenters. The maximum absolute atomic E-state index is 13.7. The fourth-order valence-corrected chi connectivity index (χ4v) is 4.61. The second kappa shape index (κ2) is 10.4. The highest BCUT2D eigenvalue weighted by molar-refractivity contribution is 6.30. The number of halogens is 2. The number of carbonyl (C=O) groups excluding carboxylic acids is 3. The Kier molecular flexibility index (Phi) is 7.33. The summed E-state index contributed by atoms with van der Waals surface area (Å²) in [5.41, 5.74) is 6.54. The molecule has 4 amide bonds. The Hall–Kier alpha value is -3.17. The molecule has 2 aromatic carbocycles. The molecule has 4 rings (SSSR count). The van der Waals surface area contributed by atoms with Crippen LogP contribution in [0.3, 0.4) is 0 Å². The number of hydrogen-bond donors (Lipinski definition) is 3. The van der Waals surface area contributed by atoms with Crippen molar-refractivity contribution in [3.63, 3.8) is 0 Å². The molecule has 1 saturated heterocycles. The molecule has 34 heavy (non-hydrogen) atoms. The number of carbonyl (C=O) groups is 3. The van der Waals surface area contributed by atoms with E-state index in [1.807, 2.05) is 0 Å². The fourth-order valence-electron chi connectivity index (χ4n) is 4.42. The van der Waals surface area contributed by atoms with Crippen LogP contribution in [0, 0.1) is 5.82 Å². The highest BCUT2D eigenvalue weighted by atomic mass is 35.5. The smallest absolute Gasteiger partial charge is 0.323 e. The summed E-state index contributed by atoms with van der Waals surface area (Å²) in [6.07, 6.45) is 1.87. The second-order valence-electron chi connectivity index (χ2n) is 8.64. The predicted molar refractivity (Wildman–Crippen MR) is 127 cm³/mol. The van der Waals surface area contributed by atoms with Crippen molar-refractivity contribution in [2.24, 2.45) is 5.73 Å². The van der Waals surface area contributed by atoms with Gasteiger partial charge in [-0.25, -0.2) is 9.18 Å². The summed E-state index contributed by atoms with van der Waals surface area (Å²) in [7, 11) is 0. The lowest BCUT2D eigenvalue weighted by Crippen LogP contribution is -2.56. The molecule has 1 aliphatic carbocycles. The van der Waals surface area contributed by atoms with Crippen LogP contribution in [0.5, 0.6) is 0 Å².